The first-order chi connectivity index (χ1) is 8.72. The van der Waals surface area contributed by atoms with E-state index in [1.54, 1.807) is 13.0 Å². The molecule has 0 aliphatic rings. The molecule has 0 heterocycles. The summed E-state index contributed by atoms with van der Waals surface area (Å²) < 4.78 is 10.3. The number of esters is 1. The molecule has 0 fully saturated rings. The molecular formula is C14H16ClNO3. The van der Waals surface area contributed by atoms with E-state index in [0.29, 0.717) is 18.0 Å². The number of nitrogen functional groups attached to an aromatic ring is 1. The largest absolute Gasteiger partial charge is 0.481 e. The lowest BCUT2D eigenvalue weighted by atomic mass is 10.1. The Morgan fingerprint density at radius 2 is 1.84 bits per heavy atom. The average molecular weight is 282 g/mol. The van der Waals surface area contributed by atoms with Gasteiger partial charge in [-0.1, -0.05) is 24.3 Å². The molecule has 4 nitrogen and oxygen atoms in total. The molecule has 2 N–H and O–H groups in total. The van der Waals surface area contributed by atoms with Crippen molar-refractivity contribution in [2.24, 2.45) is 0 Å². The van der Waals surface area contributed by atoms with Crippen LogP contribution in [0.25, 0.3) is 10.8 Å². The van der Waals surface area contributed by atoms with Gasteiger partial charge >= 0.3 is 5.97 Å². The molecule has 0 radical (unpaired) electrons. The zero-order valence-electron chi connectivity index (χ0n) is 10.6. The lowest BCUT2D eigenvalue weighted by molar-refractivity contribution is -0.145. The number of anilines is 1. The highest BCUT2D eigenvalue weighted by Crippen LogP contribution is 2.29. The summed E-state index contributed by atoms with van der Waals surface area (Å²) in [6.45, 7) is 2.02. The second-order valence-corrected chi connectivity index (χ2v) is 3.79. The first kappa shape index (κ1) is 15.1. The van der Waals surface area contributed by atoms with E-state index in [9.17, 15) is 4.79 Å². The summed E-state index contributed by atoms with van der Waals surface area (Å²) in [5, 5.41) is 1.81. The fourth-order valence-corrected chi connectivity index (χ4v) is 1.77. The van der Waals surface area contributed by atoms with Gasteiger partial charge in [0.15, 0.2) is 6.61 Å². The van der Waals surface area contributed by atoms with Gasteiger partial charge in [0.1, 0.15) is 5.75 Å². The molecule has 0 aromatic heterocycles. The van der Waals surface area contributed by atoms with Gasteiger partial charge < -0.3 is 15.2 Å². The first-order valence-corrected chi connectivity index (χ1v) is 5.78. The maximum absolute atomic E-state index is 11.2. The summed E-state index contributed by atoms with van der Waals surface area (Å²) in [6.07, 6.45) is 0. The minimum atomic E-state index is -0.376. The minimum absolute atomic E-state index is 0. The second-order valence-electron chi connectivity index (χ2n) is 3.79. The molecule has 5 heteroatoms. The van der Waals surface area contributed by atoms with Crippen molar-refractivity contribution in [3.05, 3.63) is 36.4 Å². The molecule has 0 spiro atoms. The normalized spacial score (nSPS) is 9.74. The van der Waals surface area contributed by atoms with Crippen LogP contribution < -0.4 is 10.5 Å². The van der Waals surface area contributed by atoms with Crippen LogP contribution in [0.2, 0.25) is 0 Å². The van der Waals surface area contributed by atoms with E-state index >= 15 is 0 Å². The van der Waals surface area contributed by atoms with Crippen LogP contribution in [0.4, 0.5) is 5.69 Å². The first-order valence-electron chi connectivity index (χ1n) is 5.78. The molecule has 2 rings (SSSR count). The Bertz CT molecular complexity index is 572. The Balaban J connectivity index is 0.00000180. The number of carbonyl (C=O) groups is 1. The van der Waals surface area contributed by atoms with Crippen molar-refractivity contribution in [1.82, 2.24) is 0 Å². The van der Waals surface area contributed by atoms with Crippen molar-refractivity contribution >= 4 is 34.8 Å². The van der Waals surface area contributed by atoms with Crippen LogP contribution in [-0.4, -0.2) is 19.2 Å². The monoisotopic (exact) mass is 281 g/mol. The highest BCUT2D eigenvalue weighted by molar-refractivity contribution is 5.96. The molecule has 0 aliphatic carbocycles. The molecular weight excluding hydrogens is 266 g/mol. The van der Waals surface area contributed by atoms with Crippen LogP contribution in [0, 0.1) is 0 Å². The van der Waals surface area contributed by atoms with Gasteiger partial charge in [0, 0.05) is 16.5 Å². The Kier molecular flexibility index (Phi) is 5.45. The molecule has 0 aliphatic heterocycles. The van der Waals surface area contributed by atoms with Crippen molar-refractivity contribution < 1.29 is 14.3 Å². The molecule has 0 saturated heterocycles. The third-order valence-electron chi connectivity index (χ3n) is 2.57. The van der Waals surface area contributed by atoms with Gasteiger partial charge in [-0.15, -0.1) is 12.4 Å². The van der Waals surface area contributed by atoms with Gasteiger partial charge in [0.05, 0.1) is 6.61 Å². The summed E-state index contributed by atoms with van der Waals surface area (Å²) in [6, 6.07) is 11.2. The molecule has 2 aromatic rings. The lowest BCUT2D eigenvalue weighted by Gasteiger charge is -2.09. The van der Waals surface area contributed by atoms with Crippen LogP contribution in [-0.2, 0) is 9.53 Å². The predicted octanol–water partition coefficient (Wildman–Crippen LogP) is 2.79. The highest BCUT2D eigenvalue weighted by atomic mass is 35.5. The second kappa shape index (κ2) is 6.85. The molecule has 0 atom stereocenters. The number of carbonyl (C=O) groups excluding carboxylic acids is 1. The van der Waals surface area contributed by atoms with Crippen molar-refractivity contribution in [3.63, 3.8) is 0 Å². The number of ether oxygens (including phenoxy) is 2. The van der Waals surface area contributed by atoms with Crippen LogP contribution in [0.15, 0.2) is 36.4 Å². The maximum Gasteiger partial charge on any atom is 0.344 e. The van der Waals surface area contributed by atoms with Gasteiger partial charge in [-0.05, 0) is 19.1 Å². The Morgan fingerprint density at radius 3 is 2.58 bits per heavy atom. The smallest absolute Gasteiger partial charge is 0.344 e. The van der Waals surface area contributed by atoms with Crippen molar-refractivity contribution in [1.29, 1.82) is 0 Å². The Labute approximate surface area is 117 Å². The van der Waals surface area contributed by atoms with E-state index in [0.717, 1.165) is 10.8 Å². The third-order valence-corrected chi connectivity index (χ3v) is 2.57. The summed E-state index contributed by atoms with van der Waals surface area (Å²) in [5.41, 5.74) is 6.57. The average Bonchev–Trinajstić information content (AvgIpc) is 2.37. The number of halogens is 1. The van der Waals surface area contributed by atoms with Crippen molar-refractivity contribution in [2.45, 2.75) is 6.92 Å². The van der Waals surface area contributed by atoms with Gasteiger partial charge in [0.25, 0.3) is 0 Å². The minimum Gasteiger partial charge on any atom is -0.481 e. The van der Waals surface area contributed by atoms with Crippen LogP contribution in [0.1, 0.15) is 6.92 Å². The highest BCUT2D eigenvalue weighted by Gasteiger charge is 2.07. The number of rotatable bonds is 4. The van der Waals surface area contributed by atoms with Crippen LogP contribution in [0.5, 0.6) is 5.75 Å². The summed E-state index contributed by atoms with van der Waals surface area (Å²) in [7, 11) is 0. The predicted molar refractivity (Wildman–Crippen MR) is 77.7 cm³/mol. The van der Waals surface area contributed by atoms with E-state index in [-0.39, 0.29) is 25.0 Å². The molecule has 0 bridgehead atoms. The zero-order chi connectivity index (χ0) is 13.0. The van der Waals surface area contributed by atoms with Crippen LogP contribution in [0.3, 0.4) is 0 Å². The summed E-state index contributed by atoms with van der Waals surface area (Å²) in [5.74, 6) is 0.256. The number of nitrogens with two attached hydrogens (primary N) is 1. The molecule has 2 aromatic carbocycles. The Morgan fingerprint density at radius 1 is 1.16 bits per heavy atom. The quantitative estimate of drug-likeness (QED) is 0.691. The van der Waals surface area contributed by atoms with E-state index in [1.165, 1.54) is 0 Å². The van der Waals surface area contributed by atoms with Gasteiger partial charge in [-0.25, -0.2) is 4.79 Å². The Hall–Kier alpha value is -1.94. The lowest BCUT2D eigenvalue weighted by Crippen LogP contribution is -2.14. The zero-order valence-corrected chi connectivity index (χ0v) is 11.4. The summed E-state index contributed by atoms with van der Waals surface area (Å²) >= 11 is 0. The summed E-state index contributed by atoms with van der Waals surface area (Å²) in [4.78, 5) is 11.2. The molecule has 0 saturated carbocycles. The molecule has 0 amide bonds. The van der Waals surface area contributed by atoms with Gasteiger partial charge in [-0.2, -0.15) is 0 Å². The van der Waals surface area contributed by atoms with E-state index in [1.807, 2.05) is 30.3 Å². The number of hydrogen-bond donors (Lipinski definition) is 1. The standard InChI is InChI=1S/C14H15NO3.ClH/c1-2-17-14(16)9-18-13-8-4-5-10-11(13)6-3-7-12(10)15;/h3-8H,2,9,15H2,1H3;1H. The fourth-order valence-electron chi connectivity index (χ4n) is 1.77. The number of hydrogen-bond acceptors (Lipinski definition) is 4. The topological polar surface area (TPSA) is 61.5 Å². The van der Waals surface area contributed by atoms with Crippen molar-refractivity contribution in [2.75, 3.05) is 18.9 Å². The van der Waals surface area contributed by atoms with E-state index < -0.39 is 0 Å². The van der Waals surface area contributed by atoms with Crippen LogP contribution >= 0.6 is 12.4 Å². The fraction of sp³-hybridized carbons (Fsp3) is 0.214. The molecule has 102 valence electrons. The number of benzene rings is 2. The molecule has 0 unspecified atom stereocenters. The van der Waals surface area contributed by atoms with Gasteiger partial charge in [0.2, 0.25) is 0 Å². The number of fused-ring (bicyclic) bond motifs is 1. The van der Waals surface area contributed by atoms with E-state index in [4.69, 9.17) is 15.2 Å². The third kappa shape index (κ3) is 3.51. The maximum atomic E-state index is 11.2. The van der Waals surface area contributed by atoms with Gasteiger partial charge in [-0.3, -0.25) is 0 Å². The van der Waals surface area contributed by atoms with E-state index in [2.05, 4.69) is 0 Å². The van der Waals surface area contributed by atoms with Crippen molar-refractivity contribution in [3.8, 4) is 5.75 Å². The molecule has 19 heavy (non-hydrogen) atoms. The SMILES string of the molecule is CCOC(=O)COc1cccc2c(N)cccc12.Cl.